The van der Waals surface area contributed by atoms with Gasteiger partial charge in [0.05, 0.1) is 19.0 Å². The topological polar surface area (TPSA) is 63.6 Å². The van der Waals surface area contributed by atoms with Crippen LogP contribution in [-0.2, 0) is 14.3 Å². The van der Waals surface area contributed by atoms with Crippen LogP contribution >= 0.6 is 0 Å². The van der Waals surface area contributed by atoms with Crippen LogP contribution in [0.25, 0.3) is 0 Å². The number of hydrogen-bond acceptors (Lipinski definition) is 4. The average molecular weight is 375 g/mol. The van der Waals surface area contributed by atoms with Gasteiger partial charge in [0.25, 0.3) is 10.1 Å². The summed E-state index contributed by atoms with van der Waals surface area (Å²) in [5.74, 6) is -0.300. The predicted molar refractivity (Wildman–Crippen MR) is 104 cm³/mol. The first-order valence-corrected chi connectivity index (χ1v) is 11.2. The van der Waals surface area contributed by atoms with Gasteiger partial charge in [0.1, 0.15) is 0 Å². The van der Waals surface area contributed by atoms with E-state index >= 15 is 0 Å². The summed E-state index contributed by atoms with van der Waals surface area (Å²) in [5, 5.41) is 8.57. The Bertz CT molecular complexity index is 334. The number of unbranched alkanes of at least 4 members (excludes halogenated alkanes) is 13. The summed E-state index contributed by atoms with van der Waals surface area (Å²) in [6.07, 6.45) is 17.9. The van der Waals surface area contributed by atoms with Crippen molar-refractivity contribution < 1.29 is 17.7 Å². The normalized spacial score (nSPS) is 11.4. The maximum absolute atomic E-state index is 11.2. The molecule has 0 radical (unpaired) electrons. The third kappa shape index (κ3) is 20.9. The third-order valence-electron chi connectivity index (χ3n) is 4.10. The second kappa shape index (κ2) is 20.2. The summed E-state index contributed by atoms with van der Waals surface area (Å²) in [5.41, 5.74) is 0. The van der Waals surface area contributed by atoms with Crippen LogP contribution in [0.5, 0.6) is 0 Å². The molecule has 0 aliphatic carbocycles. The second-order valence-corrected chi connectivity index (χ2v) is 8.16. The van der Waals surface area contributed by atoms with Gasteiger partial charge >= 0.3 is 29.6 Å². The van der Waals surface area contributed by atoms with Crippen molar-refractivity contribution >= 4 is 39.7 Å². The Labute approximate surface area is 172 Å². The molecule has 0 heterocycles. The summed E-state index contributed by atoms with van der Waals surface area (Å²) < 4.78 is 27.2. The molecule has 0 fully saturated rings. The first-order valence-electron chi connectivity index (χ1n) is 9.60. The average Bonchev–Trinajstić information content (AvgIpc) is 2.51. The van der Waals surface area contributed by atoms with E-state index < -0.39 is 10.1 Å². The van der Waals surface area contributed by atoms with Crippen LogP contribution in [0.15, 0.2) is 0 Å². The fraction of sp³-hybridized carbons (Fsp3) is 1.00. The fourth-order valence-electron chi connectivity index (χ4n) is 2.65. The molecule has 4 nitrogen and oxygen atoms in total. The SMILES string of the molecule is CCCCCCCCCCCCCCCCOS(=O)(=O)CCO.[NaH]. The van der Waals surface area contributed by atoms with Crippen molar-refractivity contribution in [3.8, 4) is 0 Å². The van der Waals surface area contributed by atoms with E-state index in [9.17, 15) is 8.42 Å². The Morgan fingerprint density at radius 2 is 1.08 bits per heavy atom. The summed E-state index contributed by atoms with van der Waals surface area (Å²) >= 11 is 0. The first kappa shape index (κ1) is 27.1. The number of aliphatic hydroxyl groups excluding tert-OH is 1. The van der Waals surface area contributed by atoms with Gasteiger partial charge in [0.15, 0.2) is 0 Å². The van der Waals surface area contributed by atoms with E-state index in [-0.39, 0.29) is 48.5 Å². The zero-order valence-corrected chi connectivity index (χ0v) is 15.9. The van der Waals surface area contributed by atoms with E-state index in [2.05, 4.69) is 6.92 Å². The van der Waals surface area contributed by atoms with E-state index in [1.807, 2.05) is 0 Å². The van der Waals surface area contributed by atoms with Crippen molar-refractivity contribution in [1.29, 1.82) is 0 Å². The Morgan fingerprint density at radius 3 is 1.46 bits per heavy atom. The van der Waals surface area contributed by atoms with E-state index in [0.717, 1.165) is 19.3 Å². The van der Waals surface area contributed by atoms with Gasteiger partial charge in [-0.2, -0.15) is 8.42 Å². The van der Waals surface area contributed by atoms with E-state index in [1.54, 1.807) is 0 Å². The molecule has 0 aromatic heterocycles. The predicted octanol–water partition coefficient (Wildman–Crippen LogP) is 4.16. The van der Waals surface area contributed by atoms with Gasteiger partial charge in [-0.3, -0.25) is 4.18 Å². The molecule has 0 unspecified atom stereocenters. The summed E-state index contributed by atoms with van der Waals surface area (Å²) in [4.78, 5) is 0. The Morgan fingerprint density at radius 1 is 0.708 bits per heavy atom. The molecule has 0 aliphatic rings. The van der Waals surface area contributed by atoms with Gasteiger partial charge in [-0.25, -0.2) is 0 Å². The van der Waals surface area contributed by atoms with Gasteiger partial charge in [-0.15, -0.1) is 0 Å². The molecule has 0 saturated heterocycles. The standard InChI is InChI=1S/C18H38O4S.Na.H/c1-2-3-4-5-6-7-8-9-10-11-12-13-14-15-17-22-23(20,21)18-16-19;;/h19H,2-18H2,1H3;;. The molecular weight excluding hydrogens is 335 g/mol. The first-order chi connectivity index (χ1) is 11.1. The monoisotopic (exact) mass is 374 g/mol. The van der Waals surface area contributed by atoms with Gasteiger partial charge in [0.2, 0.25) is 0 Å². The molecule has 0 aromatic carbocycles. The molecule has 0 aromatic rings. The van der Waals surface area contributed by atoms with E-state index in [1.165, 1.54) is 70.6 Å². The minimum atomic E-state index is -3.50. The van der Waals surface area contributed by atoms with Crippen LogP contribution in [0.3, 0.4) is 0 Å². The summed E-state index contributed by atoms with van der Waals surface area (Å²) in [7, 11) is -3.50. The molecule has 0 bridgehead atoms. The van der Waals surface area contributed by atoms with Crippen LogP contribution in [0.4, 0.5) is 0 Å². The van der Waals surface area contributed by atoms with Crippen molar-refractivity contribution in [2.45, 2.75) is 96.8 Å². The molecule has 24 heavy (non-hydrogen) atoms. The molecule has 0 rings (SSSR count). The maximum atomic E-state index is 11.2. The molecular formula is C18H39NaO4S. The van der Waals surface area contributed by atoms with Gasteiger partial charge < -0.3 is 5.11 Å². The van der Waals surface area contributed by atoms with Crippen molar-refractivity contribution in [2.75, 3.05) is 19.0 Å². The van der Waals surface area contributed by atoms with Gasteiger partial charge in [-0.05, 0) is 6.42 Å². The molecule has 142 valence electrons. The molecule has 1 N–H and O–H groups in total. The van der Waals surface area contributed by atoms with Crippen LogP contribution in [0.1, 0.15) is 96.8 Å². The molecule has 0 aliphatic heterocycles. The summed E-state index contributed by atoms with van der Waals surface area (Å²) in [6.45, 7) is 2.13. The van der Waals surface area contributed by atoms with Crippen LogP contribution in [-0.4, -0.2) is 62.0 Å². The quantitative estimate of drug-likeness (QED) is 0.222. The molecule has 0 amide bonds. The zero-order chi connectivity index (χ0) is 17.2. The minimum absolute atomic E-state index is 0. The molecule has 0 atom stereocenters. The van der Waals surface area contributed by atoms with Gasteiger partial charge in [0, 0.05) is 0 Å². The Hall–Kier alpha value is 0.870. The fourth-order valence-corrected chi connectivity index (χ4v) is 3.37. The van der Waals surface area contributed by atoms with Crippen molar-refractivity contribution in [3.05, 3.63) is 0 Å². The van der Waals surface area contributed by atoms with Crippen molar-refractivity contribution in [3.63, 3.8) is 0 Å². The molecule has 6 heteroatoms. The van der Waals surface area contributed by atoms with Crippen molar-refractivity contribution in [1.82, 2.24) is 0 Å². The zero-order valence-electron chi connectivity index (χ0n) is 15.1. The number of rotatable bonds is 18. The van der Waals surface area contributed by atoms with Crippen LogP contribution in [0.2, 0.25) is 0 Å². The van der Waals surface area contributed by atoms with Crippen LogP contribution in [0, 0.1) is 0 Å². The van der Waals surface area contributed by atoms with Crippen molar-refractivity contribution in [2.24, 2.45) is 0 Å². The number of aliphatic hydroxyl groups is 1. The number of hydrogen-bond donors (Lipinski definition) is 1. The van der Waals surface area contributed by atoms with Crippen LogP contribution < -0.4 is 0 Å². The Kier molecular flexibility index (Phi) is 22.8. The molecule has 0 saturated carbocycles. The van der Waals surface area contributed by atoms with Gasteiger partial charge in [-0.1, -0.05) is 90.4 Å². The summed E-state index contributed by atoms with van der Waals surface area (Å²) in [6, 6.07) is 0. The Balaban J connectivity index is 0. The molecule has 0 spiro atoms. The van der Waals surface area contributed by atoms with E-state index in [0.29, 0.717) is 0 Å². The van der Waals surface area contributed by atoms with E-state index in [4.69, 9.17) is 9.29 Å². The third-order valence-corrected chi connectivity index (χ3v) is 5.31. The second-order valence-electron chi connectivity index (χ2n) is 6.40.